The van der Waals surface area contributed by atoms with Crippen LogP contribution in [-0.2, 0) is 16.1 Å². The molecule has 3 rings (SSSR count). The van der Waals surface area contributed by atoms with Gasteiger partial charge in [0.25, 0.3) is 0 Å². The Morgan fingerprint density at radius 1 is 1.32 bits per heavy atom. The summed E-state index contributed by atoms with van der Waals surface area (Å²) in [6, 6.07) is 0.227. The minimum absolute atomic E-state index is 0. The summed E-state index contributed by atoms with van der Waals surface area (Å²) < 4.78 is 1.54. The Labute approximate surface area is 135 Å². The largest absolute Gasteiger partial charge is 0.352 e. The lowest BCUT2D eigenvalue weighted by atomic mass is 10.0. The number of aromatic nitrogens is 2. The second-order valence-electron chi connectivity index (χ2n) is 5.76. The highest BCUT2D eigenvalue weighted by Crippen LogP contribution is 2.18. The molecule has 2 heterocycles. The van der Waals surface area contributed by atoms with Crippen molar-refractivity contribution in [2.45, 2.75) is 50.7 Å². The van der Waals surface area contributed by atoms with Crippen molar-refractivity contribution in [2.24, 2.45) is 0 Å². The minimum Gasteiger partial charge on any atom is -0.352 e. The Hall–Kier alpha value is -1.60. The first kappa shape index (κ1) is 16.8. The summed E-state index contributed by atoms with van der Waals surface area (Å²) >= 11 is 0. The van der Waals surface area contributed by atoms with E-state index >= 15 is 0 Å². The maximum Gasteiger partial charge on any atom is 0.241 e. The highest BCUT2D eigenvalue weighted by molar-refractivity contribution is 5.94. The molecule has 1 aromatic rings. The number of carbonyl (C=O) groups is 2. The molecule has 0 radical (unpaired) electrons. The monoisotopic (exact) mass is 327 g/mol. The third-order valence-electron chi connectivity index (χ3n) is 3.78. The second-order valence-corrected chi connectivity index (χ2v) is 5.76. The number of anilines is 1. The van der Waals surface area contributed by atoms with Crippen molar-refractivity contribution in [3.63, 3.8) is 0 Å². The Morgan fingerprint density at radius 3 is 2.82 bits per heavy atom. The Kier molecular flexibility index (Phi) is 5.79. The molecule has 1 aliphatic heterocycles. The number of hydrogen-bond donors (Lipinski definition) is 3. The molecule has 2 fully saturated rings. The molecule has 1 atom stereocenters. The smallest absolute Gasteiger partial charge is 0.241 e. The van der Waals surface area contributed by atoms with Crippen molar-refractivity contribution in [1.29, 1.82) is 0 Å². The molecule has 0 spiro atoms. The molecule has 1 saturated carbocycles. The molecule has 0 bridgehead atoms. The summed E-state index contributed by atoms with van der Waals surface area (Å²) in [5.74, 6) is -0.0656. The molecule has 22 heavy (non-hydrogen) atoms. The first-order chi connectivity index (χ1) is 10.2. The summed E-state index contributed by atoms with van der Waals surface area (Å²) in [6.45, 7) is 1.08. The molecule has 1 aliphatic carbocycles. The highest BCUT2D eigenvalue weighted by atomic mass is 35.5. The zero-order chi connectivity index (χ0) is 14.7. The number of rotatable bonds is 5. The van der Waals surface area contributed by atoms with E-state index in [1.165, 1.54) is 0 Å². The molecule has 1 aromatic heterocycles. The quantitative estimate of drug-likeness (QED) is 0.741. The van der Waals surface area contributed by atoms with Gasteiger partial charge in [-0.05, 0) is 32.2 Å². The lowest BCUT2D eigenvalue weighted by Crippen LogP contribution is -2.43. The second kappa shape index (κ2) is 7.60. The maximum atomic E-state index is 12.1. The van der Waals surface area contributed by atoms with E-state index in [1.54, 1.807) is 17.1 Å². The topological polar surface area (TPSA) is 88.1 Å². The average molecular weight is 328 g/mol. The predicted molar refractivity (Wildman–Crippen MR) is 84.9 cm³/mol. The third-order valence-corrected chi connectivity index (χ3v) is 3.78. The number of nitrogens with zero attached hydrogens (tertiary/aromatic N) is 2. The number of piperidine rings is 1. The number of carbonyl (C=O) groups excluding carboxylic acids is 2. The van der Waals surface area contributed by atoms with Crippen LogP contribution in [0.4, 0.5) is 5.69 Å². The van der Waals surface area contributed by atoms with Crippen LogP contribution in [0.15, 0.2) is 12.4 Å². The maximum absolute atomic E-state index is 12.1. The van der Waals surface area contributed by atoms with Gasteiger partial charge in [0, 0.05) is 12.2 Å². The highest BCUT2D eigenvalue weighted by Gasteiger charge is 2.23. The third kappa shape index (κ3) is 4.71. The van der Waals surface area contributed by atoms with Crippen molar-refractivity contribution < 1.29 is 9.59 Å². The first-order valence-electron chi connectivity index (χ1n) is 7.57. The molecular weight excluding hydrogens is 306 g/mol. The van der Waals surface area contributed by atoms with Crippen LogP contribution < -0.4 is 16.0 Å². The van der Waals surface area contributed by atoms with Crippen molar-refractivity contribution in [3.05, 3.63) is 12.4 Å². The molecule has 122 valence electrons. The van der Waals surface area contributed by atoms with Gasteiger partial charge < -0.3 is 16.0 Å². The normalized spacial score (nSPS) is 20.8. The molecule has 8 heteroatoms. The summed E-state index contributed by atoms with van der Waals surface area (Å²) in [7, 11) is 0. The number of nitrogens with one attached hydrogen (secondary N) is 3. The van der Waals surface area contributed by atoms with Crippen LogP contribution >= 0.6 is 12.4 Å². The molecule has 1 saturated heterocycles. The van der Waals surface area contributed by atoms with Gasteiger partial charge in [0.05, 0.1) is 17.9 Å². The van der Waals surface area contributed by atoms with Gasteiger partial charge in [-0.2, -0.15) is 5.10 Å². The summed E-state index contributed by atoms with van der Waals surface area (Å²) in [5.41, 5.74) is 0.631. The van der Waals surface area contributed by atoms with Crippen molar-refractivity contribution in [3.8, 4) is 0 Å². The summed E-state index contributed by atoms with van der Waals surface area (Å²) in [4.78, 5) is 23.7. The van der Waals surface area contributed by atoms with E-state index in [9.17, 15) is 9.59 Å². The van der Waals surface area contributed by atoms with Crippen LogP contribution in [0, 0.1) is 0 Å². The fourth-order valence-electron chi connectivity index (χ4n) is 2.47. The van der Waals surface area contributed by atoms with Gasteiger partial charge in [0.15, 0.2) is 0 Å². The van der Waals surface area contributed by atoms with Gasteiger partial charge in [-0.1, -0.05) is 6.42 Å². The molecular formula is C14H22ClN5O2. The zero-order valence-electron chi connectivity index (χ0n) is 12.4. The SMILES string of the molecule is Cl.O=C(Cn1cc(NC(=O)[C@H]2CCCCN2)cn1)NC1CC1. The van der Waals surface area contributed by atoms with Gasteiger partial charge in [-0.15, -0.1) is 12.4 Å². The van der Waals surface area contributed by atoms with E-state index in [-0.39, 0.29) is 36.8 Å². The van der Waals surface area contributed by atoms with Gasteiger partial charge in [0.1, 0.15) is 6.54 Å². The van der Waals surface area contributed by atoms with Crippen LogP contribution in [-0.4, -0.2) is 40.2 Å². The Balaban J connectivity index is 0.00000176. The van der Waals surface area contributed by atoms with Crippen molar-refractivity contribution in [1.82, 2.24) is 20.4 Å². The fraction of sp³-hybridized carbons (Fsp3) is 0.643. The van der Waals surface area contributed by atoms with Crippen molar-refractivity contribution in [2.75, 3.05) is 11.9 Å². The number of hydrogen-bond acceptors (Lipinski definition) is 4. The van der Waals surface area contributed by atoms with Gasteiger partial charge in [-0.3, -0.25) is 14.3 Å². The van der Waals surface area contributed by atoms with E-state index in [0.717, 1.165) is 38.6 Å². The Morgan fingerprint density at radius 2 is 2.14 bits per heavy atom. The van der Waals surface area contributed by atoms with Crippen LogP contribution in [0.3, 0.4) is 0 Å². The first-order valence-corrected chi connectivity index (χ1v) is 7.57. The van der Waals surface area contributed by atoms with Crippen LogP contribution in [0.2, 0.25) is 0 Å². The molecule has 7 nitrogen and oxygen atoms in total. The van der Waals surface area contributed by atoms with E-state index in [1.807, 2.05) is 0 Å². The van der Waals surface area contributed by atoms with Gasteiger partial charge in [0.2, 0.25) is 11.8 Å². The molecule has 0 aromatic carbocycles. The summed E-state index contributed by atoms with van der Waals surface area (Å²) in [5, 5.41) is 13.1. The van der Waals surface area contributed by atoms with Crippen LogP contribution in [0.5, 0.6) is 0 Å². The van der Waals surface area contributed by atoms with Crippen molar-refractivity contribution >= 4 is 29.9 Å². The van der Waals surface area contributed by atoms with Gasteiger partial charge >= 0.3 is 0 Å². The van der Waals surface area contributed by atoms with Crippen LogP contribution in [0.25, 0.3) is 0 Å². The van der Waals surface area contributed by atoms with E-state index in [2.05, 4.69) is 21.0 Å². The number of amides is 2. The fourth-order valence-corrected chi connectivity index (χ4v) is 2.47. The Bertz CT molecular complexity index is 523. The lowest BCUT2D eigenvalue weighted by molar-refractivity contribution is -0.122. The predicted octanol–water partition coefficient (Wildman–Crippen LogP) is 0.664. The van der Waals surface area contributed by atoms with Crippen LogP contribution in [0.1, 0.15) is 32.1 Å². The zero-order valence-corrected chi connectivity index (χ0v) is 13.2. The molecule has 2 aliphatic rings. The number of halogens is 1. The van der Waals surface area contributed by atoms with Gasteiger partial charge in [-0.25, -0.2) is 0 Å². The molecule has 2 amide bonds. The summed E-state index contributed by atoms with van der Waals surface area (Å²) in [6.07, 6.45) is 8.46. The van der Waals surface area contributed by atoms with E-state index < -0.39 is 0 Å². The standard InChI is InChI=1S/C14H21N5O2.ClH/c20-13(17-10-4-5-10)9-19-8-11(7-16-19)18-14(21)12-3-1-2-6-15-12;/h7-8,10,12,15H,1-6,9H2,(H,17,20)(H,18,21);1H/t12-;/m1./s1. The van der Waals surface area contributed by atoms with E-state index in [4.69, 9.17) is 0 Å². The average Bonchev–Trinajstić information content (AvgIpc) is 3.19. The lowest BCUT2D eigenvalue weighted by Gasteiger charge is -2.22. The molecule has 3 N–H and O–H groups in total. The minimum atomic E-state index is -0.125. The van der Waals surface area contributed by atoms with E-state index in [0.29, 0.717) is 11.7 Å². The molecule has 0 unspecified atom stereocenters.